The van der Waals surface area contributed by atoms with Gasteiger partial charge in [-0.25, -0.2) is 0 Å². The molecule has 1 amide bonds. The molecule has 0 spiro atoms. The quantitative estimate of drug-likeness (QED) is 0.780. The highest BCUT2D eigenvalue weighted by molar-refractivity contribution is 5.94. The third kappa shape index (κ3) is 4.05. The van der Waals surface area contributed by atoms with E-state index in [2.05, 4.69) is 0 Å². The van der Waals surface area contributed by atoms with E-state index in [9.17, 15) is 4.79 Å². The van der Waals surface area contributed by atoms with Gasteiger partial charge in [-0.2, -0.15) is 0 Å². The van der Waals surface area contributed by atoms with Crippen molar-refractivity contribution in [3.05, 3.63) is 29.8 Å². The molecular weight excluding hydrogens is 220 g/mol. The average molecular weight is 238 g/mol. The Morgan fingerprint density at radius 3 is 2.59 bits per heavy atom. The lowest BCUT2D eigenvalue weighted by molar-refractivity contribution is 0.0764. The number of hydrogen-bond acceptors (Lipinski definition) is 4. The summed E-state index contributed by atoms with van der Waals surface area (Å²) in [6.45, 7) is 0.834. The zero-order valence-corrected chi connectivity index (χ0v) is 10.1. The number of benzene rings is 1. The number of rotatable bonds is 5. The standard InChI is InChI=1S/C12H18N2O3/c1-14(7-10(13)8-17-2)12(16)9-3-5-11(15)6-4-9/h3-6,10,15H,7-8,13H2,1-2H3. The summed E-state index contributed by atoms with van der Waals surface area (Å²) in [5.41, 5.74) is 6.29. The summed E-state index contributed by atoms with van der Waals surface area (Å²) in [5, 5.41) is 9.13. The van der Waals surface area contributed by atoms with Crippen LogP contribution in [0.3, 0.4) is 0 Å². The van der Waals surface area contributed by atoms with Gasteiger partial charge < -0.3 is 20.5 Å². The smallest absolute Gasteiger partial charge is 0.253 e. The van der Waals surface area contributed by atoms with E-state index in [1.54, 1.807) is 26.3 Å². The van der Waals surface area contributed by atoms with Crippen molar-refractivity contribution in [3.8, 4) is 5.75 Å². The fourth-order valence-corrected chi connectivity index (χ4v) is 1.53. The lowest BCUT2D eigenvalue weighted by Crippen LogP contribution is -2.41. The summed E-state index contributed by atoms with van der Waals surface area (Å²) in [4.78, 5) is 13.5. The van der Waals surface area contributed by atoms with E-state index in [1.807, 2.05) is 0 Å². The second-order valence-electron chi connectivity index (χ2n) is 3.95. The Morgan fingerprint density at radius 2 is 2.06 bits per heavy atom. The largest absolute Gasteiger partial charge is 0.508 e. The lowest BCUT2D eigenvalue weighted by Gasteiger charge is -2.21. The Balaban J connectivity index is 2.60. The van der Waals surface area contributed by atoms with Gasteiger partial charge in [0.05, 0.1) is 6.61 Å². The topological polar surface area (TPSA) is 75.8 Å². The van der Waals surface area contributed by atoms with Gasteiger partial charge in [0.1, 0.15) is 5.75 Å². The van der Waals surface area contributed by atoms with Gasteiger partial charge in [0.2, 0.25) is 0 Å². The van der Waals surface area contributed by atoms with Gasteiger partial charge >= 0.3 is 0 Å². The van der Waals surface area contributed by atoms with Crippen LogP contribution < -0.4 is 5.73 Å². The van der Waals surface area contributed by atoms with Crippen LogP contribution >= 0.6 is 0 Å². The van der Waals surface area contributed by atoms with Crippen LogP contribution in [0.25, 0.3) is 0 Å². The molecule has 1 rings (SSSR count). The number of phenols is 1. The van der Waals surface area contributed by atoms with E-state index in [1.165, 1.54) is 17.0 Å². The minimum Gasteiger partial charge on any atom is -0.508 e. The van der Waals surface area contributed by atoms with E-state index in [0.29, 0.717) is 18.7 Å². The Morgan fingerprint density at radius 1 is 1.47 bits per heavy atom. The third-order valence-electron chi connectivity index (χ3n) is 2.35. The average Bonchev–Trinajstić information content (AvgIpc) is 2.29. The number of carbonyl (C=O) groups excluding carboxylic acids is 1. The molecule has 1 unspecified atom stereocenters. The fourth-order valence-electron chi connectivity index (χ4n) is 1.53. The molecule has 0 saturated carbocycles. The Hall–Kier alpha value is -1.59. The summed E-state index contributed by atoms with van der Waals surface area (Å²) in [6.07, 6.45) is 0. The van der Waals surface area contributed by atoms with Crippen molar-refractivity contribution in [1.29, 1.82) is 0 Å². The summed E-state index contributed by atoms with van der Waals surface area (Å²) >= 11 is 0. The molecule has 1 aromatic carbocycles. The zero-order chi connectivity index (χ0) is 12.8. The van der Waals surface area contributed by atoms with E-state index in [-0.39, 0.29) is 17.7 Å². The number of phenolic OH excluding ortho intramolecular Hbond substituents is 1. The molecule has 3 N–H and O–H groups in total. The van der Waals surface area contributed by atoms with Gasteiger partial charge in [-0.05, 0) is 24.3 Å². The van der Waals surface area contributed by atoms with Gasteiger partial charge in [0, 0.05) is 32.3 Å². The number of hydrogen-bond donors (Lipinski definition) is 2. The van der Waals surface area contributed by atoms with Crippen molar-refractivity contribution in [1.82, 2.24) is 4.90 Å². The third-order valence-corrected chi connectivity index (χ3v) is 2.35. The van der Waals surface area contributed by atoms with Crippen LogP contribution in [0, 0.1) is 0 Å². The molecular formula is C12H18N2O3. The maximum Gasteiger partial charge on any atom is 0.253 e. The molecule has 5 heteroatoms. The molecule has 1 atom stereocenters. The number of carbonyl (C=O) groups is 1. The van der Waals surface area contributed by atoms with Crippen LogP contribution in [0.5, 0.6) is 5.75 Å². The molecule has 5 nitrogen and oxygen atoms in total. The normalized spacial score (nSPS) is 12.2. The minimum atomic E-state index is -0.203. The number of ether oxygens (including phenoxy) is 1. The van der Waals surface area contributed by atoms with Crippen molar-refractivity contribution in [2.24, 2.45) is 5.73 Å². The number of likely N-dealkylation sites (N-methyl/N-ethyl adjacent to an activating group) is 1. The molecule has 0 saturated heterocycles. The highest BCUT2D eigenvalue weighted by Gasteiger charge is 2.14. The summed E-state index contributed by atoms with van der Waals surface area (Å²) in [7, 11) is 3.26. The molecule has 0 fully saturated rings. The number of amides is 1. The zero-order valence-electron chi connectivity index (χ0n) is 10.1. The van der Waals surface area contributed by atoms with Gasteiger partial charge in [-0.1, -0.05) is 0 Å². The highest BCUT2D eigenvalue weighted by atomic mass is 16.5. The SMILES string of the molecule is COCC(N)CN(C)C(=O)c1ccc(O)cc1. The van der Waals surface area contributed by atoms with E-state index < -0.39 is 0 Å². The number of methoxy groups -OCH3 is 1. The second-order valence-corrected chi connectivity index (χ2v) is 3.95. The van der Waals surface area contributed by atoms with E-state index in [0.717, 1.165) is 0 Å². The number of nitrogens with zero attached hydrogens (tertiary/aromatic N) is 1. The van der Waals surface area contributed by atoms with Crippen molar-refractivity contribution in [3.63, 3.8) is 0 Å². The maximum absolute atomic E-state index is 11.9. The molecule has 0 aliphatic rings. The van der Waals surface area contributed by atoms with E-state index in [4.69, 9.17) is 15.6 Å². The van der Waals surface area contributed by atoms with Gasteiger partial charge in [0.15, 0.2) is 0 Å². The highest BCUT2D eigenvalue weighted by Crippen LogP contribution is 2.11. The first kappa shape index (κ1) is 13.5. The van der Waals surface area contributed by atoms with Crippen LogP contribution in [0.1, 0.15) is 10.4 Å². The minimum absolute atomic E-state index is 0.128. The van der Waals surface area contributed by atoms with Gasteiger partial charge in [0.25, 0.3) is 5.91 Å². The summed E-state index contributed by atoms with van der Waals surface area (Å²) < 4.78 is 4.91. The van der Waals surface area contributed by atoms with Crippen molar-refractivity contribution >= 4 is 5.91 Å². The van der Waals surface area contributed by atoms with Crippen molar-refractivity contribution in [2.45, 2.75) is 6.04 Å². The van der Waals surface area contributed by atoms with Crippen LogP contribution in [-0.4, -0.2) is 49.3 Å². The summed E-state index contributed by atoms with van der Waals surface area (Å²) in [5.74, 6) is 0.0110. The first-order chi connectivity index (χ1) is 8.04. The van der Waals surface area contributed by atoms with Crippen molar-refractivity contribution in [2.75, 3.05) is 27.3 Å². The maximum atomic E-state index is 11.9. The van der Waals surface area contributed by atoms with Gasteiger partial charge in [-0.15, -0.1) is 0 Å². The number of aromatic hydroxyl groups is 1. The molecule has 0 heterocycles. The molecule has 17 heavy (non-hydrogen) atoms. The number of nitrogens with two attached hydrogens (primary N) is 1. The van der Waals surface area contributed by atoms with Crippen LogP contribution in [-0.2, 0) is 4.74 Å². The molecule has 0 bridgehead atoms. The predicted molar refractivity (Wildman–Crippen MR) is 64.9 cm³/mol. The molecule has 0 aromatic heterocycles. The monoisotopic (exact) mass is 238 g/mol. The first-order valence-corrected chi connectivity index (χ1v) is 5.33. The van der Waals surface area contributed by atoms with Gasteiger partial charge in [-0.3, -0.25) is 4.79 Å². The van der Waals surface area contributed by atoms with Crippen molar-refractivity contribution < 1.29 is 14.6 Å². The molecule has 0 aliphatic heterocycles. The fraction of sp³-hybridized carbons (Fsp3) is 0.417. The predicted octanol–water partition coefficient (Wildman–Crippen LogP) is 0.438. The molecule has 1 aromatic rings. The molecule has 0 radical (unpaired) electrons. The second kappa shape index (κ2) is 6.22. The van der Waals surface area contributed by atoms with E-state index >= 15 is 0 Å². The molecule has 94 valence electrons. The van der Waals surface area contributed by atoms with Crippen LogP contribution in [0.15, 0.2) is 24.3 Å². The lowest BCUT2D eigenvalue weighted by atomic mass is 10.2. The van der Waals surface area contributed by atoms with Crippen LogP contribution in [0.2, 0.25) is 0 Å². The Bertz CT molecular complexity index is 365. The Labute approximate surface area is 101 Å². The summed E-state index contributed by atoms with van der Waals surface area (Å²) in [6, 6.07) is 5.92. The van der Waals surface area contributed by atoms with Crippen LogP contribution in [0.4, 0.5) is 0 Å². The molecule has 0 aliphatic carbocycles. The Kier molecular flexibility index (Phi) is 4.93. The first-order valence-electron chi connectivity index (χ1n) is 5.33.